The molecule has 0 unspecified atom stereocenters. The van der Waals surface area contributed by atoms with Crippen molar-refractivity contribution in [1.82, 2.24) is 0 Å². The number of ether oxygens (including phenoxy) is 2. The molecule has 0 saturated carbocycles. The van der Waals surface area contributed by atoms with Gasteiger partial charge in [0.1, 0.15) is 12.4 Å². The first-order valence-electron chi connectivity index (χ1n) is 8.97. The Kier molecular flexibility index (Phi) is 6.82. The molecule has 0 aromatic heterocycles. The zero-order chi connectivity index (χ0) is 19.9. The summed E-state index contributed by atoms with van der Waals surface area (Å²) in [6.45, 7) is 2.37. The zero-order valence-corrected chi connectivity index (χ0v) is 17.4. The lowest BCUT2D eigenvalue weighted by Crippen LogP contribution is -2.00. The molecule has 3 rings (SSSR count). The van der Waals surface area contributed by atoms with Crippen molar-refractivity contribution < 1.29 is 13.9 Å². The molecule has 0 N–H and O–H groups in total. The Morgan fingerprint density at radius 2 is 1.82 bits per heavy atom. The van der Waals surface area contributed by atoms with E-state index in [9.17, 15) is 4.39 Å². The van der Waals surface area contributed by atoms with Crippen LogP contribution in [0.15, 0.2) is 70.1 Å². The summed E-state index contributed by atoms with van der Waals surface area (Å²) in [7, 11) is 1.58. The summed E-state index contributed by atoms with van der Waals surface area (Å²) < 4.78 is 25.4. The molecule has 0 atom stereocenters. The number of halogens is 2. The lowest BCUT2D eigenvalue weighted by Gasteiger charge is -2.13. The van der Waals surface area contributed by atoms with Gasteiger partial charge in [0.2, 0.25) is 0 Å². The van der Waals surface area contributed by atoms with Crippen LogP contribution in [0.4, 0.5) is 10.1 Å². The van der Waals surface area contributed by atoms with Crippen molar-refractivity contribution in [3.05, 3.63) is 87.6 Å². The maximum Gasteiger partial charge on any atom is 0.175 e. The van der Waals surface area contributed by atoms with E-state index in [0.717, 1.165) is 27.7 Å². The molecule has 0 aliphatic heterocycles. The molecule has 0 fully saturated rings. The van der Waals surface area contributed by atoms with Gasteiger partial charge in [-0.2, -0.15) is 0 Å². The topological polar surface area (TPSA) is 30.8 Å². The van der Waals surface area contributed by atoms with Crippen LogP contribution in [0.5, 0.6) is 11.5 Å². The highest BCUT2D eigenvalue weighted by molar-refractivity contribution is 9.10. The Hall–Kier alpha value is -2.66. The zero-order valence-electron chi connectivity index (χ0n) is 15.8. The molecule has 5 heteroatoms. The molecule has 0 saturated heterocycles. The van der Waals surface area contributed by atoms with E-state index in [0.29, 0.717) is 11.5 Å². The fourth-order valence-corrected chi connectivity index (χ4v) is 3.28. The molecule has 0 aliphatic rings. The number of aliphatic imine (C=N–C) groups is 1. The Balaban J connectivity index is 1.77. The first-order valence-corrected chi connectivity index (χ1v) is 9.76. The van der Waals surface area contributed by atoms with Crippen molar-refractivity contribution in [3.63, 3.8) is 0 Å². The lowest BCUT2D eigenvalue weighted by atomic mass is 10.1. The fourth-order valence-electron chi connectivity index (χ4n) is 2.70. The van der Waals surface area contributed by atoms with E-state index >= 15 is 0 Å². The predicted octanol–water partition coefficient (Wildman–Crippen LogP) is 6.49. The minimum absolute atomic E-state index is 0.240. The van der Waals surface area contributed by atoms with Crippen LogP contribution in [-0.2, 0) is 13.0 Å². The molecule has 3 aromatic carbocycles. The summed E-state index contributed by atoms with van der Waals surface area (Å²) in [6.07, 6.45) is 2.79. The molecule has 28 heavy (non-hydrogen) atoms. The van der Waals surface area contributed by atoms with Crippen LogP contribution in [0.3, 0.4) is 0 Å². The van der Waals surface area contributed by atoms with Gasteiger partial charge in [0.15, 0.2) is 11.5 Å². The third kappa shape index (κ3) is 5.20. The molecule has 3 aromatic rings. The number of rotatable bonds is 7. The highest BCUT2D eigenvalue weighted by atomic mass is 79.9. The second-order valence-corrected chi connectivity index (χ2v) is 7.09. The smallest absolute Gasteiger partial charge is 0.175 e. The summed E-state index contributed by atoms with van der Waals surface area (Å²) in [5, 5.41) is 0. The molecular formula is C23H21BrFNO2. The van der Waals surface area contributed by atoms with E-state index in [2.05, 4.69) is 40.0 Å². The Morgan fingerprint density at radius 1 is 1.04 bits per heavy atom. The van der Waals surface area contributed by atoms with Gasteiger partial charge in [-0.05, 0) is 75.4 Å². The molecule has 0 radical (unpaired) electrons. The number of nitrogens with zero attached hydrogens (tertiary/aromatic N) is 1. The number of benzene rings is 3. The quantitative estimate of drug-likeness (QED) is 0.392. The van der Waals surface area contributed by atoms with Crippen molar-refractivity contribution in [2.45, 2.75) is 20.0 Å². The van der Waals surface area contributed by atoms with Crippen LogP contribution in [0.1, 0.15) is 23.6 Å². The van der Waals surface area contributed by atoms with Crippen molar-refractivity contribution in [3.8, 4) is 11.5 Å². The number of hydrogen-bond donors (Lipinski definition) is 0. The van der Waals surface area contributed by atoms with E-state index in [1.54, 1.807) is 19.4 Å². The average Bonchev–Trinajstić information content (AvgIpc) is 2.71. The highest BCUT2D eigenvalue weighted by Crippen LogP contribution is 2.37. The standard InChI is InChI=1S/C23H21BrFNO2/c1-3-16-7-9-20(10-8-16)26-14-18-12-21(24)23(22(13-18)27-2)28-15-17-5-4-6-19(25)11-17/h4-14H,3,15H2,1-2H3. The third-order valence-corrected chi connectivity index (χ3v) is 4.82. The Labute approximate surface area is 173 Å². The summed E-state index contributed by atoms with van der Waals surface area (Å²) in [5.74, 6) is 0.857. The monoisotopic (exact) mass is 441 g/mol. The second-order valence-electron chi connectivity index (χ2n) is 6.23. The van der Waals surface area contributed by atoms with Crippen molar-refractivity contribution >= 4 is 27.8 Å². The Bertz CT molecular complexity index is 971. The van der Waals surface area contributed by atoms with E-state index in [1.165, 1.54) is 17.7 Å². The lowest BCUT2D eigenvalue weighted by molar-refractivity contribution is 0.282. The fraction of sp³-hybridized carbons (Fsp3) is 0.174. The van der Waals surface area contributed by atoms with Crippen LogP contribution in [-0.4, -0.2) is 13.3 Å². The van der Waals surface area contributed by atoms with Gasteiger partial charge in [-0.1, -0.05) is 31.2 Å². The normalized spacial score (nSPS) is 11.0. The first-order chi connectivity index (χ1) is 13.6. The SMILES string of the molecule is CCc1ccc(N=Cc2cc(Br)c(OCc3cccc(F)c3)c(OC)c2)cc1. The van der Waals surface area contributed by atoms with Gasteiger partial charge in [0.25, 0.3) is 0 Å². The van der Waals surface area contributed by atoms with Gasteiger partial charge >= 0.3 is 0 Å². The summed E-state index contributed by atoms with van der Waals surface area (Å²) in [6, 6.07) is 18.2. The van der Waals surface area contributed by atoms with Gasteiger partial charge in [-0.3, -0.25) is 4.99 Å². The second kappa shape index (κ2) is 9.51. The maximum atomic E-state index is 13.3. The van der Waals surface area contributed by atoms with Gasteiger partial charge in [-0.25, -0.2) is 4.39 Å². The molecule has 0 amide bonds. The molecule has 0 spiro atoms. The van der Waals surface area contributed by atoms with Gasteiger partial charge < -0.3 is 9.47 Å². The minimum Gasteiger partial charge on any atom is -0.493 e. The van der Waals surface area contributed by atoms with Crippen molar-refractivity contribution in [2.24, 2.45) is 4.99 Å². The largest absolute Gasteiger partial charge is 0.493 e. The van der Waals surface area contributed by atoms with Crippen molar-refractivity contribution in [1.29, 1.82) is 0 Å². The van der Waals surface area contributed by atoms with Gasteiger partial charge in [0.05, 0.1) is 17.3 Å². The average molecular weight is 442 g/mol. The highest BCUT2D eigenvalue weighted by Gasteiger charge is 2.12. The van der Waals surface area contributed by atoms with E-state index < -0.39 is 0 Å². The summed E-state index contributed by atoms with van der Waals surface area (Å²) >= 11 is 3.53. The molecule has 0 bridgehead atoms. The van der Waals surface area contributed by atoms with E-state index in [1.807, 2.05) is 30.3 Å². The van der Waals surface area contributed by atoms with Gasteiger partial charge in [-0.15, -0.1) is 0 Å². The first kappa shape index (κ1) is 20.1. The van der Waals surface area contributed by atoms with Crippen LogP contribution in [0, 0.1) is 5.82 Å². The number of methoxy groups -OCH3 is 1. The molecule has 0 aliphatic carbocycles. The molecule has 0 heterocycles. The van der Waals surface area contributed by atoms with Crippen LogP contribution in [0.2, 0.25) is 0 Å². The summed E-state index contributed by atoms with van der Waals surface area (Å²) in [4.78, 5) is 4.52. The maximum absolute atomic E-state index is 13.3. The Morgan fingerprint density at radius 3 is 2.50 bits per heavy atom. The van der Waals surface area contributed by atoms with E-state index in [-0.39, 0.29) is 12.4 Å². The summed E-state index contributed by atoms with van der Waals surface area (Å²) in [5.41, 5.74) is 3.79. The molecular weight excluding hydrogens is 421 g/mol. The van der Waals surface area contributed by atoms with Gasteiger partial charge in [0, 0.05) is 6.21 Å². The number of hydrogen-bond acceptors (Lipinski definition) is 3. The predicted molar refractivity (Wildman–Crippen MR) is 115 cm³/mol. The van der Waals surface area contributed by atoms with E-state index in [4.69, 9.17) is 9.47 Å². The minimum atomic E-state index is -0.286. The van der Waals surface area contributed by atoms with Crippen LogP contribution >= 0.6 is 15.9 Å². The number of aryl methyl sites for hydroxylation is 1. The molecule has 144 valence electrons. The van der Waals surface area contributed by atoms with Crippen LogP contribution < -0.4 is 9.47 Å². The van der Waals surface area contributed by atoms with Crippen LogP contribution in [0.25, 0.3) is 0 Å². The molecule has 3 nitrogen and oxygen atoms in total. The van der Waals surface area contributed by atoms with Crippen molar-refractivity contribution in [2.75, 3.05) is 7.11 Å². The third-order valence-electron chi connectivity index (χ3n) is 4.23.